The minimum Gasteiger partial charge on any atom is -0.307 e. The monoisotopic (exact) mass is 623 g/mol. The quantitative estimate of drug-likeness (QED) is 0.194. The molecule has 0 atom stereocenters. The summed E-state index contributed by atoms with van der Waals surface area (Å²) in [4.78, 5) is 0. The van der Waals surface area contributed by atoms with Gasteiger partial charge in [-0.2, -0.15) is 26.3 Å². The van der Waals surface area contributed by atoms with Crippen molar-refractivity contribution in [1.82, 2.24) is 9.13 Å². The average Bonchev–Trinajstić information content (AvgIpc) is 3.65. The van der Waals surface area contributed by atoms with Gasteiger partial charge in [0.1, 0.15) is 0 Å². The van der Waals surface area contributed by atoms with E-state index in [4.69, 9.17) is 0 Å². The van der Waals surface area contributed by atoms with Crippen molar-refractivity contribution >= 4 is 43.6 Å². The third-order valence-corrected chi connectivity index (χ3v) is 9.15. The van der Waals surface area contributed by atoms with Crippen molar-refractivity contribution in [3.63, 3.8) is 0 Å². The summed E-state index contributed by atoms with van der Waals surface area (Å²) < 4.78 is 4.32. The molecule has 8 aromatic rings. The zero-order valence-corrected chi connectivity index (χ0v) is 26.0. The van der Waals surface area contributed by atoms with Crippen LogP contribution in [0.1, 0.15) is 33.4 Å². The van der Waals surface area contributed by atoms with Crippen molar-refractivity contribution in [2.24, 2.45) is 0 Å². The Morgan fingerprint density at radius 1 is 0.408 bits per heavy atom. The van der Waals surface area contributed by atoms with E-state index in [9.17, 15) is 26.3 Å². The highest BCUT2D eigenvalue weighted by atomic mass is 15.1. The molecule has 7 nitrogen and oxygen atoms in total. The molecule has 0 N–H and O–H groups in total. The van der Waals surface area contributed by atoms with Crippen LogP contribution in [0.2, 0.25) is 0 Å². The number of nitriles is 5. The summed E-state index contributed by atoms with van der Waals surface area (Å²) in [5, 5.41) is 52.2. The van der Waals surface area contributed by atoms with Crippen molar-refractivity contribution < 1.29 is 0 Å². The van der Waals surface area contributed by atoms with E-state index in [1.54, 1.807) is 30.3 Å². The van der Waals surface area contributed by atoms with Crippen LogP contribution >= 0.6 is 0 Å². The van der Waals surface area contributed by atoms with Gasteiger partial charge in [0.15, 0.2) is 0 Å². The molecule has 0 aliphatic rings. The SMILES string of the molecule is Cc1cc(-n2c3ccc(C#N)cc3c3cc(C#N)ccc32)c(-n2c3ccc(C#N)cc3c3cc(C#N)ccc32)cc1-c1cccc(C#N)c1. The fourth-order valence-electron chi connectivity index (χ4n) is 6.95. The number of fused-ring (bicyclic) bond motifs is 6. The Balaban J connectivity index is 1.57. The van der Waals surface area contributed by atoms with Crippen LogP contribution in [-0.4, -0.2) is 9.13 Å². The molecule has 0 saturated heterocycles. The predicted molar refractivity (Wildman–Crippen MR) is 189 cm³/mol. The Morgan fingerprint density at radius 2 is 0.776 bits per heavy atom. The summed E-state index contributed by atoms with van der Waals surface area (Å²) in [7, 11) is 0. The lowest BCUT2D eigenvalue weighted by atomic mass is 9.97. The summed E-state index contributed by atoms with van der Waals surface area (Å²) in [6.45, 7) is 2.04. The zero-order chi connectivity index (χ0) is 33.8. The highest BCUT2D eigenvalue weighted by Gasteiger charge is 2.22. The fourth-order valence-corrected chi connectivity index (χ4v) is 6.95. The molecule has 2 heterocycles. The minimum absolute atomic E-state index is 0.510. The first-order valence-electron chi connectivity index (χ1n) is 15.4. The number of aryl methyl sites for hydroxylation is 1. The zero-order valence-electron chi connectivity index (χ0n) is 26.0. The second-order valence-corrected chi connectivity index (χ2v) is 11.9. The van der Waals surface area contributed by atoms with Gasteiger partial charge in [-0.3, -0.25) is 0 Å². The first-order valence-corrected chi connectivity index (χ1v) is 15.4. The summed E-state index contributed by atoms with van der Waals surface area (Å²) in [6, 6.07) is 45.4. The molecule has 0 saturated carbocycles. The van der Waals surface area contributed by atoms with E-state index in [1.807, 2.05) is 73.7 Å². The van der Waals surface area contributed by atoms with Gasteiger partial charge in [0, 0.05) is 21.5 Å². The Kier molecular flexibility index (Phi) is 6.48. The lowest BCUT2D eigenvalue weighted by molar-refractivity contribution is 1.09. The first kappa shape index (κ1) is 28.8. The molecule has 0 aliphatic carbocycles. The van der Waals surface area contributed by atoms with Gasteiger partial charge in [0.05, 0.1) is 91.6 Å². The molecule has 0 amide bonds. The van der Waals surface area contributed by atoms with E-state index in [-0.39, 0.29) is 0 Å². The Bertz CT molecular complexity index is 2810. The van der Waals surface area contributed by atoms with Gasteiger partial charge in [-0.05, 0) is 121 Å². The molecule has 0 radical (unpaired) electrons. The predicted octanol–water partition coefficient (Wildman–Crippen LogP) is 9.21. The van der Waals surface area contributed by atoms with E-state index in [0.717, 1.165) is 71.7 Å². The van der Waals surface area contributed by atoms with Crippen LogP contribution in [0.4, 0.5) is 0 Å². The summed E-state index contributed by atoms with van der Waals surface area (Å²) >= 11 is 0. The largest absolute Gasteiger partial charge is 0.307 e. The molecule has 0 fully saturated rings. The van der Waals surface area contributed by atoms with Crippen LogP contribution < -0.4 is 0 Å². The average molecular weight is 624 g/mol. The summed E-state index contributed by atoms with van der Waals surface area (Å²) in [5.41, 5.74) is 10.5. The molecule has 0 spiro atoms. The van der Waals surface area contributed by atoms with Crippen LogP contribution in [0.25, 0.3) is 66.1 Å². The lowest BCUT2D eigenvalue weighted by Gasteiger charge is -2.20. The van der Waals surface area contributed by atoms with Crippen molar-refractivity contribution in [2.45, 2.75) is 6.92 Å². The van der Waals surface area contributed by atoms with Crippen LogP contribution in [0.5, 0.6) is 0 Å². The van der Waals surface area contributed by atoms with E-state index < -0.39 is 0 Å². The van der Waals surface area contributed by atoms with Crippen LogP contribution in [-0.2, 0) is 0 Å². The molecule has 0 unspecified atom stereocenters. The van der Waals surface area contributed by atoms with Gasteiger partial charge >= 0.3 is 0 Å². The van der Waals surface area contributed by atoms with Gasteiger partial charge in [0.2, 0.25) is 0 Å². The Labute approximate surface area is 280 Å². The number of rotatable bonds is 3. The summed E-state index contributed by atoms with van der Waals surface area (Å²) in [5.74, 6) is 0. The van der Waals surface area contributed by atoms with Crippen LogP contribution in [0.3, 0.4) is 0 Å². The highest BCUT2D eigenvalue weighted by molar-refractivity contribution is 6.12. The van der Waals surface area contributed by atoms with Crippen molar-refractivity contribution in [3.05, 3.63) is 143 Å². The Morgan fingerprint density at radius 3 is 1.16 bits per heavy atom. The van der Waals surface area contributed by atoms with E-state index >= 15 is 0 Å². The van der Waals surface area contributed by atoms with Gasteiger partial charge in [-0.1, -0.05) is 12.1 Å². The maximum atomic E-state index is 9.80. The second-order valence-electron chi connectivity index (χ2n) is 11.9. The topological polar surface area (TPSA) is 129 Å². The second kappa shape index (κ2) is 11.0. The van der Waals surface area contributed by atoms with E-state index in [2.05, 4.69) is 51.6 Å². The molecule has 2 aromatic heterocycles. The molecular weight excluding hydrogens is 603 g/mol. The molecule has 8 rings (SSSR count). The van der Waals surface area contributed by atoms with Crippen molar-refractivity contribution in [2.75, 3.05) is 0 Å². The number of nitrogens with zero attached hydrogens (tertiary/aromatic N) is 7. The number of hydrogen-bond donors (Lipinski definition) is 0. The third-order valence-electron chi connectivity index (χ3n) is 9.15. The maximum Gasteiger partial charge on any atom is 0.0991 e. The van der Waals surface area contributed by atoms with Gasteiger partial charge in [0.25, 0.3) is 0 Å². The highest BCUT2D eigenvalue weighted by Crippen LogP contribution is 2.41. The van der Waals surface area contributed by atoms with E-state index in [0.29, 0.717) is 27.8 Å². The van der Waals surface area contributed by atoms with Gasteiger partial charge in [-0.15, -0.1) is 0 Å². The molecular formula is C42H21N7. The van der Waals surface area contributed by atoms with Crippen molar-refractivity contribution in [1.29, 1.82) is 26.3 Å². The lowest BCUT2D eigenvalue weighted by Crippen LogP contribution is -2.05. The summed E-state index contributed by atoms with van der Waals surface area (Å²) in [6.07, 6.45) is 0. The third kappa shape index (κ3) is 4.39. The molecule has 224 valence electrons. The fraction of sp³-hybridized carbons (Fsp3) is 0.0238. The number of benzene rings is 6. The number of aromatic nitrogens is 2. The van der Waals surface area contributed by atoms with Crippen LogP contribution in [0.15, 0.2) is 109 Å². The number of hydrogen-bond acceptors (Lipinski definition) is 5. The van der Waals surface area contributed by atoms with Crippen LogP contribution in [0, 0.1) is 63.6 Å². The molecule has 0 aliphatic heterocycles. The Hall–Kier alpha value is -7.63. The van der Waals surface area contributed by atoms with Gasteiger partial charge in [-0.25, -0.2) is 0 Å². The smallest absolute Gasteiger partial charge is 0.0991 e. The van der Waals surface area contributed by atoms with Crippen molar-refractivity contribution in [3.8, 4) is 52.8 Å². The maximum absolute atomic E-state index is 9.80. The standard InChI is InChI=1S/C42H21N7/c1-25-13-41(48-37-9-5-27(21-44)15-33(37)34-16-28(22-45)6-10-38(34)48)42(19-32(25)31-4-2-3-26(14-31)20-43)49-39-11-7-29(23-46)17-35(39)36-18-30(24-47)8-12-40(36)49/h2-19H,1H3. The normalized spacial score (nSPS) is 10.9. The molecule has 0 bridgehead atoms. The van der Waals surface area contributed by atoms with E-state index in [1.165, 1.54) is 0 Å². The van der Waals surface area contributed by atoms with Gasteiger partial charge < -0.3 is 9.13 Å². The first-order chi connectivity index (χ1) is 24.0. The minimum atomic E-state index is 0.510. The molecule has 49 heavy (non-hydrogen) atoms. The molecule has 6 aromatic carbocycles. The molecule has 7 heteroatoms.